The molecule has 0 aromatic heterocycles. The first-order chi connectivity index (χ1) is 29.8. The summed E-state index contributed by atoms with van der Waals surface area (Å²) in [6.45, 7) is 8.51. The van der Waals surface area contributed by atoms with E-state index in [0.717, 1.165) is 32.6 Å². The Balaban J connectivity index is 1.21. The molecule has 1 saturated heterocycles. The minimum atomic E-state index is -2.93. The quantitative estimate of drug-likeness (QED) is 0.0770. The first kappa shape index (κ1) is 44.3. The zero-order chi connectivity index (χ0) is 42.3. The molecular formula is C53H60O7Si. The fourth-order valence-electron chi connectivity index (χ4n) is 8.39. The topological polar surface area (TPSA) is 75.6 Å². The molecule has 1 heterocycles. The van der Waals surface area contributed by atoms with Crippen LogP contribution in [0.4, 0.5) is 0 Å². The highest BCUT2D eigenvalue weighted by molar-refractivity contribution is 6.99. The van der Waals surface area contributed by atoms with Gasteiger partial charge in [0.1, 0.15) is 24.4 Å². The predicted molar refractivity (Wildman–Crippen MR) is 244 cm³/mol. The predicted octanol–water partition coefficient (Wildman–Crippen LogP) is 9.05. The van der Waals surface area contributed by atoms with Crippen molar-refractivity contribution < 1.29 is 33.2 Å². The summed E-state index contributed by atoms with van der Waals surface area (Å²) in [5, 5.41) is 14.3. The summed E-state index contributed by atoms with van der Waals surface area (Å²) in [4.78, 5) is 0. The van der Waals surface area contributed by atoms with Gasteiger partial charge in [-0.05, 0) is 37.7 Å². The van der Waals surface area contributed by atoms with Crippen LogP contribution < -0.4 is 10.4 Å². The maximum Gasteiger partial charge on any atom is 0.261 e. The average Bonchev–Trinajstić information content (AvgIpc) is 3.29. The number of aliphatic hydroxyl groups excluding tert-OH is 1. The van der Waals surface area contributed by atoms with Gasteiger partial charge in [0.2, 0.25) is 0 Å². The molecular weight excluding hydrogens is 777 g/mol. The van der Waals surface area contributed by atoms with Gasteiger partial charge in [0.25, 0.3) is 8.32 Å². The van der Waals surface area contributed by atoms with Gasteiger partial charge in [-0.15, -0.1) is 0 Å². The molecule has 61 heavy (non-hydrogen) atoms. The monoisotopic (exact) mass is 836 g/mol. The van der Waals surface area contributed by atoms with Gasteiger partial charge in [-0.3, -0.25) is 0 Å². The van der Waals surface area contributed by atoms with Crippen molar-refractivity contribution in [2.24, 2.45) is 0 Å². The molecule has 6 aromatic carbocycles. The minimum absolute atomic E-state index is 0.108. The fraction of sp³-hybridized carbons (Fsp3) is 0.321. The van der Waals surface area contributed by atoms with Gasteiger partial charge in [0.15, 0.2) is 0 Å². The highest BCUT2D eigenvalue weighted by Crippen LogP contribution is 2.38. The first-order valence-corrected chi connectivity index (χ1v) is 23.4. The van der Waals surface area contributed by atoms with Crippen molar-refractivity contribution in [3.05, 3.63) is 204 Å². The van der Waals surface area contributed by atoms with Crippen molar-refractivity contribution in [2.45, 2.75) is 95.3 Å². The molecule has 0 amide bonds. The third kappa shape index (κ3) is 11.8. The Labute approximate surface area is 363 Å². The van der Waals surface area contributed by atoms with Gasteiger partial charge in [-0.25, -0.2) is 0 Å². The second kappa shape index (κ2) is 21.9. The highest BCUT2D eigenvalue weighted by Gasteiger charge is 2.52. The van der Waals surface area contributed by atoms with Crippen molar-refractivity contribution in [2.75, 3.05) is 13.2 Å². The molecule has 7 rings (SSSR count). The standard InChI is InChI=1S/C53H60O7Si/c1-53(2,3)61(46-30-18-8-19-31-46,47-32-20-9-21-33-47)59-39-45(54)34-48-50(56-36-42-24-12-5-13-25-42)52(58-38-44-28-16-7-17-29-44)51(57-37-43-26-14-6-15-27-43)49(60-48)40-55-35-41-22-10-4-11-23-41/h4-33,45,48-52,54H,34-40H2,1-3H3/t45-,48-,49+,50-,51-,52+/m0/s1. The average molecular weight is 837 g/mol. The van der Waals surface area contributed by atoms with E-state index in [0.29, 0.717) is 26.4 Å². The number of hydrogen-bond acceptors (Lipinski definition) is 7. The van der Waals surface area contributed by atoms with Crippen LogP contribution in [0.1, 0.15) is 49.4 Å². The van der Waals surface area contributed by atoms with Gasteiger partial charge < -0.3 is 33.2 Å². The van der Waals surface area contributed by atoms with Gasteiger partial charge in [0.05, 0.1) is 51.8 Å². The Hall–Kier alpha value is -4.74. The molecule has 1 N–H and O–H groups in total. The lowest BCUT2D eigenvalue weighted by molar-refractivity contribution is -0.276. The van der Waals surface area contributed by atoms with E-state index in [2.05, 4.69) is 118 Å². The smallest absolute Gasteiger partial charge is 0.261 e. The molecule has 6 atom stereocenters. The van der Waals surface area contributed by atoms with E-state index in [-0.39, 0.29) is 24.7 Å². The lowest BCUT2D eigenvalue weighted by atomic mass is 9.91. The van der Waals surface area contributed by atoms with Crippen LogP contribution >= 0.6 is 0 Å². The Kier molecular flexibility index (Phi) is 15.9. The van der Waals surface area contributed by atoms with Gasteiger partial charge in [0, 0.05) is 6.42 Å². The summed E-state index contributed by atoms with van der Waals surface area (Å²) < 4.78 is 41.5. The lowest BCUT2D eigenvalue weighted by Gasteiger charge is -2.47. The van der Waals surface area contributed by atoms with E-state index in [4.69, 9.17) is 28.1 Å². The van der Waals surface area contributed by atoms with E-state index in [1.165, 1.54) is 0 Å². The van der Waals surface area contributed by atoms with E-state index in [9.17, 15) is 5.11 Å². The largest absolute Gasteiger partial charge is 0.405 e. The van der Waals surface area contributed by atoms with Crippen LogP contribution in [-0.2, 0) is 54.5 Å². The Morgan fingerprint density at radius 3 is 1.26 bits per heavy atom. The van der Waals surface area contributed by atoms with E-state index in [1.807, 2.05) is 84.9 Å². The third-order valence-electron chi connectivity index (χ3n) is 11.4. The van der Waals surface area contributed by atoms with Crippen LogP contribution in [0.25, 0.3) is 0 Å². The Morgan fingerprint density at radius 2 is 0.852 bits per heavy atom. The Morgan fingerprint density at radius 1 is 0.492 bits per heavy atom. The van der Waals surface area contributed by atoms with Gasteiger partial charge in [-0.1, -0.05) is 203 Å². The maximum absolute atomic E-state index is 12.2. The van der Waals surface area contributed by atoms with Crippen LogP contribution in [0.3, 0.4) is 0 Å². The molecule has 0 unspecified atom stereocenters. The molecule has 0 saturated carbocycles. The van der Waals surface area contributed by atoms with Crippen LogP contribution in [0.15, 0.2) is 182 Å². The molecule has 0 aliphatic carbocycles. The molecule has 6 aromatic rings. The summed E-state index contributed by atoms with van der Waals surface area (Å²) in [5.74, 6) is 0. The van der Waals surface area contributed by atoms with E-state index >= 15 is 0 Å². The van der Waals surface area contributed by atoms with E-state index < -0.39 is 44.9 Å². The molecule has 8 heteroatoms. The van der Waals surface area contributed by atoms with Crippen molar-refractivity contribution >= 4 is 18.7 Å². The molecule has 1 aliphatic rings. The normalized spacial score (nSPS) is 20.0. The molecule has 318 valence electrons. The third-order valence-corrected chi connectivity index (χ3v) is 16.4. The zero-order valence-corrected chi connectivity index (χ0v) is 36.6. The number of benzene rings is 6. The number of aliphatic hydroxyl groups is 1. The highest BCUT2D eigenvalue weighted by atomic mass is 28.4. The molecule has 0 radical (unpaired) electrons. The molecule has 1 aliphatic heterocycles. The SMILES string of the molecule is CC(C)(C)[Si](OC[C@@H](O)C[C@@H]1O[C@H](COCc2ccccc2)[C@H](OCc2ccccc2)[C@H](OCc2ccccc2)[C@H]1OCc1ccccc1)(c1ccccc1)c1ccccc1. The van der Waals surface area contributed by atoms with Crippen molar-refractivity contribution in [3.8, 4) is 0 Å². The minimum Gasteiger partial charge on any atom is -0.405 e. The molecule has 0 bridgehead atoms. The van der Waals surface area contributed by atoms with Gasteiger partial charge in [-0.2, -0.15) is 0 Å². The van der Waals surface area contributed by atoms with Crippen molar-refractivity contribution in [3.63, 3.8) is 0 Å². The Bertz CT molecular complexity index is 2080. The fourth-order valence-corrected chi connectivity index (χ4v) is 13.0. The summed E-state index contributed by atoms with van der Waals surface area (Å²) in [7, 11) is -2.93. The second-order valence-electron chi connectivity index (χ2n) is 16.9. The number of rotatable bonds is 20. The summed E-state index contributed by atoms with van der Waals surface area (Å²) in [5.41, 5.74) is 4.15. The number of ether oxygens (including phenoxy) is 5. The summed E-state index contributed by atoms with van der Waals surface area (Å²) in [6, 6.07) is 61.5. The van der Waals surface area contributed by atoms with Crippen molar-refractivity contribution in [1.29, 1.82) is 0 Å². The molecule has 1 fully saturated rings. The van der Waals surface area contributed by atoms with Crippen LogP contribution in [0.5, 0.6) is 0 Å². The van der Waals surface area contributed by atoms with E-state index in [1.54, 1.807) is 0 Å². The number of hydrogen-bond donors (Lipinski definition) is 1. The molecule has 7 nitrogen and oxygen atoms in total. The molecule has 0 spiro atoms. The zero-order valence-electron chi connectivity index (χ0n) is 35.6. The summed E-state index contributed by atoms with van der Waals surface area (Å²) >= 11 is 0. The first-order valence-electron chi connectivity index (χ1n) is 21.5. The maximum atomic E-state index is 12.2. The van der Waals surface area contributed by atoms with Crippen LogP contribution in [0, 0.1) is 0 Å². The lowest BCUT2D eigenvalue weighted by Crippen LogP contribution is -2.67. The van der Waals surface area contributed by atoms with Crippen molar-refractivity contribution in [1.82, 2.24) is 0 Å². The van der Waals surface area contributed by atoms with Crippen LogP contribution in [0.2, 0.25) is 5.04 Å². The second-order valence-corrected chi connectivity index (χ2v) is 21.2. The van der Waals surface area contributed by atoms with Crippen LogP contribution in [-0.4, -0.2) is 63.3 Å². The van der Waals surface area contributed by atoms with Gasteiger partial charge >= 0.3 is 0 Å². The summed E-state index contributed by atoms with van der Waals surface area (Å²) in [6.07, 6.45) is -3.55.